The Kier molecular flexibility index (Phi) is 5.02. The molecule has 4 nitrogen and oxygen atoms in total. The predicted octanol–water partition coefficient (Wildman–Crippen LogP) is 5.25. The highest BCUT2D eigenvalue weighted by molar-refractivity contribution is 7.15. The van der Waals surface area contributed by atoms with Crippen molar-refractivity contribution in [3.8, 4) is 10.7 Å². The number of rotatable bonds is 3. The van der Waals surface area contributed by atoms with E-state index in [2.05, 4.69) is 43.2 Å². The SMILES string of the molecule is CC(C)(C)c1ccc(NC(=O)C2CCc3nc(-c4ccccn4)sc3C2)cc1. The molecular weight excluding hydrogens is 366 g/mol. The number of thiazole rings is 1. The monoisotopic (exact) mass is 391 g/mol. The highest BCUT2D eigenvalue weighted by Crippen LogP contribution is 2.34. The van der Waals surface area contributed by atoms with Gasteiger partial charge in [0.05, 0.1) is 11.4 Å². The Morgan fingerprint density at radius 1 is 1.14 bits per heavy atom. The number of fused-ring (bicyclic) bond motifs is 1. The van der Waals surface area contributed by atoms with Gasteiger partial charge in [-0.05, 0) is 54.5 Å². The van der Waals surface area contributed by atoms with Gasteiger partial charge in [0.2, 0.25) is 5.91 Å². The topological polar surface area (TPSA) is 54.9 Å². The summed E-state index contributed by atoms with van der Waals surface area (Å²) in [6.45, 7) is 6.57. The third kappa shape index (κ3) is 3.99. The molecule has 2 heterocycles. The number of aryl methyl sites for hydroxylation is 1. The maximum Gasteiger partial charge on any atom is 0.227 e. The standard InChI is InChI=1S/C23H25N3OS/c1-23(2,3)16-8-10-17(11-9-16)25-21(27)15-7-12-18-20(14-15)28-22(26-18)19-6-4-5-13-24-19/h4-6,8-11,13,15H,7,12,14H2,1-3H3,(H,25,27). The van der Waals surface area contributed by atoms with Gasteiger partial charge in [-0.3, -0.25) is 9.78 Å². The van der Waals surface area contributed by atoms with E-state index in [1.165, 1.54) is 10.4 Å². The Morgan fingerprint density at radius 2 is 1.93 bits per heavy atom. The molecule has 0 saturated carbocycles. The average molecular weight is 392 g/mol. The third-order valence-corrected chi connectivity index (χ3v) is 6.36. The minimum Gasteiger partial charge on any atom is -0.326 e. The van der Waals surface area contributed by atoms with Gasteiger partial charge >= 0.3 is 0 Å². The van der Waals surface area contributed by atoms with E-state index >= 15 is 0 Å². The molecule has 0 radical (unpaired) electrons. The molecule has 0 saturated heterocycles. The normalized spacial score (nSPS) is 16.5. The van der Waals surface area contributed by atoms with Crippen molar-refractivity contribution in [3.05, 3.63) is 64.8 Å². The van der Waals surface area contributed by atoms with Gasteiger partial charge in [0.1, 0.15) is 5.01 Å². The first kappa shape index (κ1) is 18.8. The molecular formula is C23H25N3OS. The summed E-state index contributed by atoms with van der Waals surface area (Å²) in [6, 6.07) is 14.1. The first-order chi connectivity index (χ1) is 13.4. The Labute approximate surface area is 170 Å². The van der Waals surface area contributed by atoms with Gasteiger partial charge in [-0.25, -0.2) is 4.98 Å². The molecule has 1 N–H and O–H groups in total. The molecule has 0 aliphatic heterocycles. The van der Waals surface area contributed by atoms with Crippen molar-refractivity contribution in [2.45, 2.75) is 45.4 Å². The third-order valence-electron chi connectivity index (χ3n) is 5.21. The number of carbonyl (C=O) groups excluding carboxylic acids is 1. The zero-order chi connectivity index (χ0) is 19.7. The zero-order valence-electron chi connectivity index (χ0n) is 16.5. The number of amides is 1. The van der Waals surface area contributed by atoms with Crippen LogP contribution in [0.3, 0.4) is 0 Å². The molecule has 1 aliphatic rings. The fourth-order valence-electron chi connectivity index (χ4n) is 3.50. The first-order valence-corrected chi connectivity index (χ1v) is 10.5. The number of aromatic nitrogens is 2. The Balaban J connectivity index is 1.44. The maximum atomic E-state index is 12.8. The Hall–Kier alpha value is -2.53. The molecule has 5 heteroatoms. The summed E-state index contributed by atoms with van der Waals surface area (Å²) in [7, 11) is 0. The summed E-state index contributed by atoms with van der Waals surface area (Å²) < 4.78 is 0. The van der Waals surface area contributed by atoms with E-state index < -0.39 is 0 Å². The smallest absolute Gasteiger partial charge is 0.227 e. The van der Waals surface area contributed by atoms with Crippen LogP contribution in [0.1, 0.15) is 43.3 Å². The second-order valence-electron chi connectivity index (χ2n) is 8.36. The highest BCUT2D eigenvalue weighted by atomic mass is 32.1. The Morgan fingerprint density at radius 3 is 2.61 bits per heavy atom. The van der Waals surface area contributed by atoms with Crippen LogP contribution in [0.5, 0.6) is 0 Å². The van der Waals surface area contributed by atoms with Gasteiger partial charge in [-0.1, -0.05) is 39.0 Å². The van der Waals surface area contributed by atoms with Crippen LogP contribution in [0, 0.1) is 5.92 Å². The van der Waals surface area contributed by atoms with E-state index in [1.807, 2.05) is 30.3 Å². The molecule has 1 atom stereocenters. The molecule has 1 aromatic carbocycles. The number of hydrogen-bond donors (Lipinski definition) is 1. The van der Waals surface area contributed by atoms with E-state index in [4.69, 9.17) is 4.98 Å². The molecule has 0 bridgehead atoms. The molecule has 2 aromatic heterocycles. The second-order valence-corrected chi connectivity index (χ2v) is 9.44. The van der Waals surface area contributed by atoms with Crippen molar-refractivity contribution >= 4 is 22.9 Å². The van der Waals surface area contributed by atoms with Crippen LogP contribution in [0.4, 0.5) is 5.69 Å². The van der Waals surface area contributed by atoms with Gasteiger partial charge in [-0.2, -0.15) is 0 Å². The second kappa shape index (κ2) is 7.47. The predicted molar refractivity (Wildman–Crippen MR) is 115 cm³/mol. The minimum absolute atomic E-state index is 0.00757. The average Bonchev–Trinajstić information content (AvgIpc) is 3.12. The summed E-state index contributed by atoms with van der Waals surface area (Å²) in [5.41, 5.74) is 4.27. The van der Waals surface area contributed by atoms with Crippen molar-refractivity contribution in [3.63, 3.8) is 0 Å². The molecule has 4 rings (SSSR count). The fourth-order valence-corrected chi connectivity index (χ4v) is 4.66. The highest BCUT2D eigenvalue weighted by Gasteiger charge is 2.28. The molecule has 1 amide bonds. The van der Waals surface area contributed by atoms with Crippen molar-refractivity contribution in [1.82, 2.24) is 9.97 Å². The molecule has 0 spiro atoms. The van der Waals surface area contributed by atoms with Gasteiger partial charge < -0.3 is 5.32 Å². The van der Waals surface area contributed by atoms with Crippen molar-refractivity contribution in [2.24, 2.45) is 5.92 Å². The van der Waals surface area contributed by atoms with Gasteiger partial charge in [0, 0.05) is 22.7 Å². The molecule has 0 fully saturated rings. The van der Waals surface area contributed by atoms with Crippen molar-refractivity contribution < 1.29 is 4.79 Å². The van der Waals surface area contributed by atoms with E-state index in [-0.39, 0.29) is 17.2 Å². The van der Waals surface area contributed by atoms with Crippen LogP contribution >= 0.6 is 11.3 Å². The lowest BCUT2D eigenvalue weighted by molar-refractivity contribution is -0.120. The number of carbonyl (C=O) groups is 1. The summed E-state index contributed by atoms with van der Waals surface area (Å²) in [4.78, 5) is 23.2. The lowest BCUT2D eigenvalue weighted by atomic mass is 9.87. The van der Waals surface area contributed by atoms with Crippen LogP contribution in [-0.2, 0) is 23.1 Å². The van der Waals surface area contributed by atoms with E-state index in [0.717, 1.165) is 41.3 Å². The van der Waals surface area contributed by atoms with E-state index in [1.54, 1.807) is 17.5 Å². The number of anilines is 1. The summed E-state index contributed by atoms with van der Waals surface area (Å²) in [6.07, 6.45) is 4.23. The summed E-state index contributed by atoms with van der Waals surface area (Å²) in [5.74, 6) is 0.0915. The number of hydrogen-bond acceptors (Lipinski definition) is 4. The van der Waals surface area contributed by atoms with Crippen LogP contribution in [0.25, 0.3) is 10.7 Å². The largest absolute Gasteiger partial charge is 0.326 e. The molecule has 28 heavy (non-hydrogen) atoms. The first-order valence-electron chi connectivity index (χ1n) is 9.71. The summed E-state index contributed by atoms with van der Waals surface area (Å²) in [5, 5.41) is 4.04. The van der Waals surface area contributed by atoms with Gasteiger partial charge in [-0.15, -0.1) is 11.3 Å². The number of nitrogens with zero attached hydrogens (tertiary/aromatic N) is 2. The van der Waals surface area contributed by atoms with Crippen molar-refractivity contribution in [1.29, 1.82) is 0 Å². The van der Waals surface area contributed by atoms with Crippen LogP contribution in [0.15, 0.2) is 48.7 Å². The minimum atomic E-state index is -0.00757. The van der Waals surface area contributed by atoms with Crippen LogP contribution in [0.2, 0.25) is 0 Å². The lowest BCUT2D eigenvalue weighted by Gasteiger charge is -2.21. The fraction of sp³-hybridized carbons (Fsp3) is 0.348. The van der Waals surface area contributed by atoms with Crippen LogP contribution < -0.4 is 5.32 Å². The molecule has 1 aliphatic carbocycles. The molecule has 1 unspecified atom stereocenters. The molecule has 144 valence electrons. The number of benzene rings is 1. The summed E-state index contributed by atoms with van der Waals surface area (Å²) >= 11 is 1.67. The number of pyridine rings is 1. The molecule has 3 aromatic rings. The van der Waals surface area contributed by atoms with Gasteiger partial charge in [0.15, 0.2) is 0 Å². The van der Waals surface area contributed by atoms with E-state index in [0.29, 0.717) is 0 Å². The quantitative estimate of drug-likeness (QED) is 0.664. The lowest BCUT2D eigenvalue weighted by Crippen LogP contribution is -2.27. The van der Waals surface area contributed by atoms with Gasteiger partial charge in [0.25, 0.3) is 0 Å². The maximum absolute atomic E-state index is 12.8. The van der Waals surface area contributed by atoms with E-state index in [9.17, 15) is 4.79 Å². The van der Waals surface area contributed by atoms with Crippen molar-refractivity contribution in [2.75, 3.05) is 5.32 Å². The van der Waals surface area contributed by atoms with Crippen LogP contribution in [-0.4, -0.2) is 15.9 Å². The Bertz CT molecular complexity index is 971. The zero-order valence-corrected chi connectivity index (χ0v) is 17.3. The number of nitrogens with one attached hydrogen (secondary N) is 1.